The average molecular weight is 276 g/mol. The fourth-order valence-electron chi connectivity index (χ4n) is 1.53. The van der Waals surface area contributed by atoms with Gasteiger partial charge in [-0.25, -0.2) is 9.78 Å². The van der Waals surface area contributed by atoms with Gasteiger partial charge in [0.25, 0.3) is 0 Å². The van der Waals surface area contributed by atoms with Crippen molar-refractivity contribution in [1.29, 1.82) is 0 Å². The Labute approximate surface area is 113 Å². The number of carbonyl (C=O) groups excluding carboxylic acids is 1. The van der Waals surface area contributed by atoms with E-state index in [1.807, 2.05) is 17.5 Å². The Balaban J connectivity index is 1.91. The number of amides is 1. The molecule has 0 aliphatic heterocycles. The van der Waals surface area contributed by atoms with Crippen LogP contribution < -0.4 is 5.32 Å². The van der Waals surface area contributed by atoms with Crippen molar-refractivity contribution in [3.8, 4) is 0 Å². The van der Waals surface area contributed by atoms with Gasteiger partial charge in [0.05, 0.1) is 5.56 Å². The number of nitrogens with one attached hydrogen (secondary N) is 1. The lowest BCUT2D eigenvalue weighted by Crippen LogP contribution is -2.13. The molecule has 19 heavy (non-hydrogen) atoms. The Kier molecular flexibility index (Phi) is 4.25. The van der Waals surface area contributed by atoms with Gasteiger partial charge in [-0.1, -0.05) is 6.07 Å². The minimum absolute atomic E-state index is 0.101. The smallest absolute Gasteiger partial charge is 0.335 e. The molecule has 0 aliphatic rings. The number of carboxylic acid groups (broad SMARTS) is 1. The van der Waals surface area contributed by atoms with E-state index in [1.165, 1.54) is 18.3 Å². The standard InChI is InChI=1S/C13H12N2O3S/c16-12(4-3-10-2-1-7-19-10)15-11-8-9(13(17)18)5-6-14-11/h1-2,5-8H,3-4H2,(H,17,18)(H,14,15,16). The van der Waals surface area contributed by atoms with Gasteiger partial charge >= 0.3 is 5.97 Å². The fraction of sp³-hybridized carbons (Fsp3) is 0.154. The van der Waals surface area contributed by atoms with Crippen molar-refractivity contribution in [3.63, 3.8) is 0 Å². The van der Waals surface area contributed by atoms with Crippen LogP contribution in [0.15, 0.2) is 35.8 Å². The van der Waals surface area contributed by atoms with Crippen molar-refractivity contribution >= 4 is 29.0 Å². The van der Waals surface area contributed by atoms with Crippen LogP contribution in [0.5, 0.6) is 0 Å². The highest BCUT2D eigenvalue weighted by atomic mass is 32.1. The molecule has 0 saturated heterocycles. The molecule has 0 fully saturated rings. The second-order valence-corrected chi connectivity index (χ2v) is 4.89. The van der Waals surface area contributed by atoms with E-state index in [1.54, 1.807) is 11.3 Å². The lowest BCUT2D eigenvalue weighted by molar-refractivity contribution is -0.116. The van der Waals surface area contributed by atoms with E-state index < -0.39 is 5.97 Å². The second kappa shape index (κ2) is 6.10. The van der Waals surface area contributed by atoms with Gasteiger partial charge in [0.2, 0.25) is 5.91 Å². The molecule has 0 atom stereocenters. The van der Waals surface area contributed by atoms with Crippen molar-refractivity contribution in [2.45, 2.75) is 12.8 Å². The van der Waals surface area contributed by atoms with Gasteiger partial charge in [-0.3, -0.25) is 4.79 Å². The predicted octanol–water partition coefficient (Wildman–Crippen LogP) is 2.41. The Morgan fingerprint density at radius 2 is 2.21 bits per heavy atom. The lowest BCUT2D eigenvalue weighted by Gasteiger charge is -2.04. The van der Waals surface area contributed by atoms with Gasteiger partial charge < -0.3 is 10.4 Å². The first kappa shape index (κ1) is 13.2. The molecular formula is C13H12N2O3S. The highest BCUT2D eigenvalue weighted by Gasteiger charge is 2.07. The van der Waals surface area contributed by atoms with Crippen LogP contribution in [-0.4, -0.2) is 22.0 Å². The summed E-state index contributed by atoms with van der Waals surface area (Å²) in [5.41, 5.74) is 0.101. The van der Waals surface area contributed by atoms with Gasteiger partial charge in [-0.05, 0) is 30.0 Å². The van der Waals surface area contributed by atoms with Crippen LogP contribution in [0.4, 0.5) is 5.82 Å². The highest BCUT2D eigenvalue weighted by Crippen LogP contribution is 2.12. The summed E-state index contributed by atoms with van der Waals surface area (Å²) in [7, 11) is 0. The number of aryl methyl sites for hydroxylation is 1. The molecule has 0 unspecified atom stereocenters. The highest BCUT2D eigenvalue weighted by molar-refractivity contribution is 7.09. The summed E-state index contributed by atoms with van der Waals surface area (Å²) in [6.07, 6.45) is 2.37. The summed E-state index contributed by atoms with van der Waals surface area (Å²) in [4.78, 5) is 27.5. The molecular weight excluding hydrogens is 264 g/mol. The number of aromatic carboxylic acids is 1. The monoisotopic (exact) mass is 276 g/mol. The van der Waals surface area contributed by atoms with E-state index in [0.717, 1.165) is 4.88 Å². The van der Waals surface area contributed by atoms with Crippen LogP contribution in [0.3, 0.4) is 0 Å². The number of anilines is 1. The van der Waals surface area contributed by atoms with E-state index in [2.05, 4.69) is 10.3 Å². The lowest BCUT2D eigenvalue weighted by atomic mass is 10.2. The van der Waals surface area contributed by atoms with Crippen LogP contribution in [-0.2, 0) is 11.2 Å². The molecule has 2 aromatic rings. The third kappa shape index (κ3) is 3.89. The number of carbonyl (C=O) groups is 2. The summed E-state index contributed by atoms with van der Waals surface area (Å²) in [6, 6.07) is 6.63. The average Bonchev–Trinajstić information content (AvgIpc) is 2.90. The summed E-state index contributed by atoms with van der Waals surface area (Å²) in [5.74, 6) is -0.962. The van der Waals surface area contributed by atoms with Crippen molar-refractivity contribution in [1.82, 2.24) is 4.98 Å². The van der Waals surface area contributed by atoms with E-state index >= 15 is 0 Å². The van der Waals surface area contributed by atoms with Crippen LogP contribution in [0, 0.1) is 0 Å². The van der Waals surface area contributed by atoms with Crippen molar-refractivity contribution in [3.05, 3.63) is 46.3 Å². The summed E-state index contributed by atoms with van der Waals surface area (Å²) >= 11 is 1.60. The van der Waals surface area contributed by atoms with E-state index in [9.17, 15) is 9.59 Å². The number of nitrogens with zero attached hydrogens (tertiary/aromatic N) is 1. The second-order valence-electron chi connectivity index (χ2n) is 3.86. The molecule has 5 nitrogen and oxygen atoms in total. The zero-order chi connectivity index (χ0) is 13.7. The maximum absolute atomic E-state index is 11.7. The first-order valence-corrected chi connectivity index (χ1v) is 6.54. The molecule has 0 aliphatic carbocycles. The number of carboxylic acids is 1. The van der Waals surface area contributed by atoms with Crippen LogP contribution in [0.2, 0.25) is 0 Å². The maximum atomic E-state index is 11.7. The molecule has 2 heterocycles. The van der Waals surface area contributed by atoms with Crippen molar-refractivity contribution in [2.75, 3.05) is 5.32 Å². The van der Waals surface area contributed by atoms with Crippen molar-refractivity contribution < 1.29 is 14.7 Å². The number of rotatable bonds is 5. The zero-order valence-electron chi connectivity index (χ0n) is 10.00. The first-order chi connectivity index (χ1) is 9.15. The molecule has 0 radical (unpaired) electrons. The van der Waals surface area contributed by atoms with E-state index in [0.29, 0.717) is 12.8 Å². The first-order valence-electron chi connectivity index (χ1n) is 5.67. The summed E-state index contributed by atoms with van der Waals surface area (Å²) < 4.78 is 0. The molecule has 0 aromatic carbocycles. The SMILES string of the molecule is O=C(CCc1cccs1)Nc1cc(C(=O)O)ccn1. The molecule has 6 heteroatoms. The van der Waals surface area contributed by atoms with E-state index in [-0.39, 0.29) is 17.3 Å². The van der Waals surface area contributed by atoms with Gasteiger partial charge in [-0.2, -0.15) is 0 Å². The molecule has 2 aromatic heterocycles. The Morgan fingerprint density at radius 1 is 1.37 bits per heavy atom. The molecule has 1 amide bonds. The Morgan fingerprint density at radius 3 is 2.89 bits per heavy atom. The summed E-state index contributed by atoms with van der Waals surface area (Å²) in [6.45, 7) is 0. The molecule has 2 rings (SSSR count). The summed E-state index contributed by atoms with van der Waals surface area (Å²) in [5, 5.41) is 13.4. The Hall–Kier alpha value is -2.21. The van der Waals surface area contributed by atoms with Crippen molar-refractivity contribution in [2.24, 2.45) is 0 Å². The molecule has 0 spiro atoms. The van der Waals surface area contributed by atoms with Gasteiger partial charge in [0.1, 0.15) is 5.82 Å². The third-order valence-corrected chi connectivity index (χ3v) is 3.39. The predicted molar refractivity (Wildman–Crippen MR) is 72.5 cm³/mol. The maximum Gasteiger partial charge on any atom is 0.335 e. The van der Waals surface area contributed by atoms with Crippen LogP contribution >= 0.6 is 11.3 Å². The quantitative estimate of drug-likeness (QED) is 0.879. The molecule has 0 bridgehead atoms. The Bertz CT molecular complexity index is 581. The van der Waals surface area contributed by atoms with E-state index in [4.69, 9.17) is 5.11 Å². The fourth-order valence-corrected chi connectivity index (χ4v) is 2.24. The minimum atomic E-state index is -1.04. The number of hydrogen-bond acceptors (Lipinski definition) is 4. The molecule has 2 N–H and O–H groups in total. The molecule has 98 valence electrons. The largest absolute Gasteiger partial charge is 0.478 e. The third-order valence-electron chi connectivity index (χ3n) is 2.45. The van der Waals surface area contributed by atoms with Crippen LogP contribution in [0.1, 0.15) is 21.7 Å². The number of hydrogen-bond donors (Lipinski definition) is 2. The number of thiophene rings is 1. The van der Waals surface area contributed by atoms with Gasteiger partial charge in [0, 0.05) is 17.5 Å². The minimum Gasteiger partial charge on any atom is -0.478 e. The number of pyridine rings is 1. The van der Waals surface area contributed by atoms with Gasteiger partial charge in [-0.15, -0.1) is 11.3 Å². The zero-order valence-corrected chi connectivity index (χ0v) is 10.8. The molecule has 0 saturated carbocycles. The normalized spacial score (nSPS) is 10.1. The number of aromatic nitrogens is 1. The van der Waals surface area contributed by atoms with Crippen LogP contribution in [0.25, 0.3) is 0 Å². The van der Waals surface area contributed by atoms with Gasteiger partial charge in [0.15, 0.2) is 0 Å². The topological polar surface area (TPSA) is 79.3 Å².